The Balaban J connectivity index is 0.00000324. The molecule has 1 aromatic carbocycles. The summed E-state index contributed by atoms with van der Waals surface area (Å²) in [6.07, 6.45) is 0. The minimum absolute atomic E-state index is 0. The number of nitro benzene ring substituents is 1. The number of halogens is 2. The van der Waals surface area contributed by atoms with Gasteiger partial charge in [-0.1, -0.05) is 11.6 Å². The van der Waals surface area contributed by atoms with E-state index in [1.165, 1.54) is 13.0 Å². The van der Waals surface area contributed by atoms with Gasteiger partial charge in [0.25, 0.3) is 5.69 Å². The van der Waals surface area contributed by atoms with Crippen molar-refractivity contribution in [3.63, 3.8) is 0 Å². The molecule has 0 saturated heterocycles. The third kappa shape index (κ3) is 4.29. The van der Waals surface area contributed by atoms with E-state index in [9.17, 15) is 18.5 Å². The molecule has 0 spiro atoms. The molecule has 0 radical (unpaired) electrons. The van der Waals surface area contributed by atoms with Crippen LogP contribution in [0, 0.1) is 17.0 Å². The van der Waals surface area contributed by atoms with Crippen LogP contribution in [0.1, 0.15) is 5.56 Å². The first kappa shape index (κ1) is 18.1. The number of benzene rings is 1. The van der Waals surface area contributed by atoms with E-state index in [2.05, 4.69) is 4.72 Å². The van der Waals surface area contributed by atoms with Gasteiger partial charge in [-0.25, -0.2) is 13.1 Å². The highest BCUT2D eigenvalue weighted by Crippen LogP contribution is 2.29. The van der Waals surface area contributed by atoms with Crippen molar-refractivity contribution < 1.29 is 13.3 Å². The zero-order chi connectivity index (χ0) is 13.9. The van der Waals surface area contributed by atoms with E-state index in [-0.39, 0.29) is 46.7 Å². The molecule has 0 fully saturated rings. The predicted molar refractivity (Wildman–Crippen MR) is 74.3 cm³/mol. The Morgan fingerprint density at radius 1 is 1.47 bits per heavy atom. The minimum Gasteiger partial charge on any atom is -0.329 e. The second-order valence-electron chi connectivity index (χ2n) is 3.49. The monoisotopic (exact) mass is 329 g/mol. The fourth-order valence-electron chi connectivity index (χ4n) is 1.26. The third-order valence-corrected chi connectivity index (χ3v) is 4.07. The highest BCUT2D eigenvalue weighted by Gasteiger charge is 2.21. The quantitative estimate of drug-likeness (QED) is 0.622. The highest BCUT2D eigenvalue weighted by molar-refractivity contribution is 7.89. The van der Waals surface area contributed by atoms with E-state index in [1.54, 1.807) is 0 Å². The number of hydrogen-bond donors (Lipinski definition) is 2. The fourth-order valence-corrected chi connectivity index (χ4v) is 2.63. The Bertz CT molecular complexity index is 577. The lowest BCUT2D eigenvalue weighted by molar-refractivity contribution is -0.385. The van der Waals surface area contributed by atoms with Crippen LogP contribution in [0.2, 0.25) is 5.02 Å². The van der Waals surface area contributed by atoms with Crippen LogP contribution in [0.5, 0.6) is 0 Å². The Morgan fingerprint density at radius 3 is 2.53 bits per heavy atom. The van der Waals surface area contributed by atoms with Crippen molar-refractivity contribution in [3.8, 4) is 0 Å². The van der Waals surface area contributed by atoms with Crippen molar-refractivity contribution in [2.24, 2.45) is 5.73 Å². The van der Waals surface area contributed by atoms with Crippen molar-refractivity contribution in [2.45, 2.75) is 11.8 Å². The van der Waals surface area contributed by atoms with Crippen molar-refractivity contribution in [1.82, 2.24) is 4.72 Å². The standard InChI is InChI=1S/C9H12ClN3O4S.ClH/c1-6-8(10)4-7(5-9(6)13(14)15)18(16,17)12-3-2-11;/h4-5,12H,2-3,11H2,1H3;1H. The van der Waals surface area contributed by atoms with E-state index >= 15 is 0 Å². The molecule has 10 heteroatoms. The van der Waals surface area contributed by atoms with Gasteiger partial charge >= 0.3 is 0 Å². The van der Waals surface area contributed by atoms with Gasteiger partial charge in [0.1, 0.15) is 0 Å². The van der Waals surface area contributed by atoms with Gasteiger partial charge in [0.2, 0.25) is 10.0 Å². The van der Waals surface area contributed by atoms with Gasteiger partial charge in [0.05, 0.1) is 14.8 Å². The van der Waals surface area contributed by atoms with E-state index in [1.807, 2.05) is 0 Å². The lowest BCUT2D eigenvalue weighted by atomic mass is 10.2. The summed E-state index contributed by atoms with van der Waals surface area (Å²) in [5.74, 6) is 0. The highest BCUT2D eigenvalue weighted by atomic mass is 35.5. The molecule has 0 aliphatic rings. The van der Waals surface area contributed by atoms with E-state index in [0.717, 1.165) is 6.07 Å². The molecule has 19 heavy (non-hydrogen) atoms. The molecule has 0 amide bonds. The van der Waals surface area contributed by atoms with E-state index in [4.69, 9.17) is 17.3 Å². The van der Waals surface area contributed by atoms with E-state index < -0.39 is 14.9 Å². The fraction of sp³-hybridized carbons (Fsp3) is 0.333. The summed E-state index contributed by atoms with van der Waals surface area (Å²) in [7, 11) is -3.84. The first-order valence-corrected chi connectivity index (χ1v) is 6.80. The molecule has 0 aromatic heterocycles. The van der Waals surface area contributed by atoms with Crippen LogP contribution in [-0.2, 0) is 10.0 Å². The van der Waals surface area contributed by atoms with Crippen molar-refractivity contribution in [3.05, 3.63) is 32.8 Å². The van der Waals surface area contributed by atoms with Gasteiger partial charge in [-0.2, -0.15) is 0 Å². The number of nitro groups is 1. The number of nitrogens with two attached hydrogens (primary N) is 1. The molecule has 1 rings (SSSR count). The zero-order valence-electron chi connectivity index (χ0n) is 9.92. The number of hydrogen-bond acceptors (Lipinski definition) is 5. The molecule has 0 atom stereocenters. The maximum atomic E-state index is 11.8. The first-order valence-electron chi connectivity index (χ1n) is 4.94. The lowest BCUT2D eigenvalue weighted by Gasteiger charge is -2.07. The Labute approximate surface area is 121 Å². The van der Waals surface area contributed by atoms with Crippen LogP contribution < -0.4 is 10.5 Å². The van der Waals surface area contributed by atoms with Gasteiger partial charge in [-0.3, -0.25) is 10.1 Å². The summed E-state index contributed by atoms with van der Waals surface area (Å²) in [6, 6.07) is 2.14. The molecule has 108 valence electrons. The van der Waals surface area contributed by atoms with Crippen molar-refractivity contribution >= 4 is 39.7 Å². The number of nitrogens with one attached hydrogen (secondary N) is 1. The molecular weight excluding hydrogens is 317 g/mol. The first-order chi connectivity index (χ1) is 8.29. The second kappa shape index (κ2) is 7.01. The van der Waals surface area contributed by atoms with Crippen LogP contribution >= 0.6 is 24.0 Å². The largest absolute Gasteiger partial charge is 0.329 e. The van der Waals surface area contributed by atoms with Crippen molar-refractivity contribution in [1.29, 1.82) is 0 Å². The second-order valence-corrected chi connectivity index (χ2v) is 5.67. The maximum Gasteiger partial charge on any atom is 0.275 e. The average molecular weight is 330 g/mol. The van der Waals surface area contributed by atoms with Gasteiger partial charge in [0, 0.05) is 24.7 Å². The van der Waals surface area contributed by atoms with Crippen LogP contribution in [-0.4, -0.2) is 26.4 Å². The SMILES string of the molecule is Cc1c(Cl)cc(S(=O)(=O)NCCN)cc1[N+](=O)[O-].Cl. The van der Waals surface area contributed by atoms with E-state index in [0.29, 0.717) is 0 Å². The van der Waals surface area contributed by atoms with Gasteiger partial charge in [-0.05, 0) is 13.0 Å². The molecule has 0 bridgehead atoms. The number of nitrogens with zero attached hydrogens (tertiary/aromatic N) is 1. The normalized spacial score (nSPS) is 10.9. The van der Waals surface area contributed by atoms with Gasteiger partial charge in [-0.15, -0.1) is 12.4 Å². The van der Waals surface area contributed by atoms with Gasteiger partial charge < -0.3 is 5.73 Å². The van der Waals surface area contributed by atoms with Crippen LogP contribution in [0.4, 0.5) is 5.69 Å². The Kier molecular flexibility index (Phi) is 6.67. The summed E-state index contributed by atoms with van der Waals surface area (Å²) in [4.78, 5) is 9.85. The molecule has 0 heterocycles. The maximum absolute atomic E-state index is 11.8. The summed E-state index contributed by atoms with van der Waals surface area (Å²) in [5.41, 5.74) is 5.07. The minimum atomic E-state index is -3.84. The summed E-state index contributed by atoms with van der Waals surface area (Å²) in [5, 5.41) is 10.8. The molecule has 0 aliphatic carbocycles. The molecular formula is C9H13Cl2N3O4S. The summed E-state index contributed by atoms with van der Waals surface area (Å²) in [6.45, 7) is 1.62. The van der Waals surface area contributed by atoms with Crippen LogP contribution in [0.25, 0.3) is 0 Å². The van der Waals surface area contributed by atoms with Crippen molar-refractivity contribution in [2.75, 3.05) is 13.1 Å². The molecule has 3 N–H and O–H groups in total. The zero-order valence-corrected chi connectivity index (χ0v) is 12.3. The molecule has 0 unspecified atom stereocenters. The average Bonchev–Trinajstić information content (AvgIpc) is 2.29. The predicted octanol–water partition coefficient (Wildman–Crippen LogP) is 1.22. The molecule has 7 nitrogen and oxygen atoms in total. The number of sulfonamides is 1. The summed E-state index contributed by atoms with van der Waals surface area (Å²) < 4.78 is 25.8. The Hall–Kier alpha value is -0.930. The third-order valence-electron chi connectivity index (χ3n) is 2.23. The smallest absolute Gasteiger partial charge is 0.275 e. The molecule has 0 aliphatic heterocycles. The van der Waals surface area contributed by atoms with Gasteiger partial charge in [0.15, 0.2) is 0 Å². The number of rotatable bonds is 5. The molecule has 0 saturated carbocycles. The topological polar surface area (TPSA) is 115 Å². The Morgan fingerprint density at radius 2 is 2.05 bits per heavy atom. The lowest BCUT2D eigenvalue weighted by Crippen LogP contribution is -2.29. The summed E-state index contributed by atoms with van der Waals surface area (Å²) >= 11 is 5.78. The van der Waals surface area contributed by atoms with Crippen LogP contribution in [0.3, 0.4) is 0 Å². The molecule has 1 aromatic rings. The van der Waals surface area contributed by atoms with Crippen LogP contribution in [0.15, 0.2) is 17.0 Å².